The maximum absolute atomic E-state index is 11.4. The van der Waals surface area contributed by atoms with Crippen molar-refractivity contribution < 1.29 is 8.42 Å². The molecule has 0 unspecified atom stereocenters. The quantitative estimate of drug-likeness (QED) is 0.566. The Kier molecular flexibility index (Phi) is 6.49. The minimum Gasteiger partial charge on any atom is -0.381 e. The van der Waals surface area contributed by atoms with E-state index in [4.69, 9.17) is 5.14 Å². The number of hydrogen-bond donors (Lipinski definition) is 2. The van der Waals surface area contributed by atoms with Crippen molar-refractivity contribution in [3.8, 4) is 0 Å². The van der Waals surface area contributed by atoms with E-state index in [2.05, 4.69) is 28.5 Å². The van der Waals surface area contributed by atoms with Crippen LogP contribution in [0.1, 0.15) is 5.56 Å². The molecular formula is C20H21N3O2S2. The lowest BCUT2D eigenvalue weighted by atomic mass is 10.1. The van der Waals surface area contributed by atoms with Gasteiger partial charge in [0.1, 0.15) is 0 Å². The molecule has 3 N–H and O–H groups in total. The average molecular weight is 400 g/mol. The summed E-state index contributed by atoms with van der Waals surface area (Å²) >= 11 is 1.78. The highest BCUT2D eigenvalue weighted by atomic mass is 32.2. The third-order valence-corrected chi connectivity index (χ3v) is 6.06. The number of anilines is 1. The van der Waals surface area contributed by atoms with Gasteiger partial charge in [0, 0.05) is 34.8 Å². The van der Waals surface area contributed by atoms with Gasteiger partial charge in [-0.1, -0.05) is 24.3 Å². The van der Waals surface area contributed by atoms with Crippen LogP contribution in [0.15, 0.2) is 88.9 Å². The Hall–Kier alpha value is -2.35. The molecule has 7 heteroatoms. The van der Waals surface area contributed by atoms with Crippen LogP contribution in [0.5, 0.6) is 0 Å². The van der Waals surface area contributed by atoms with Gasteiger partial charge in [-0.25, -0.2) is 13.6 Å². The summed E-state index contributed by atoms with van der Waals surface area (Å²) in [7, 11) is -3.68. The van der Waals surface area contributed by atoms with E-state index in [-0.39, 0.29) is 10.9 Å². The van der Waals surface area contributed by atoms with Crippen LogP contribution in [0, 0.1) is 0 Å². The lowest BCUT2D eigenvalue weighted by Crippen LogP contribution is -2.25. The van der Waals surface area contributed by atoms with E-state index in [1.807, 2.05) is 30.5 Å². The van der Waals surface area contributed by atoms with Crippen molar-refractivity contribution in [2.45, 2.75) is 22.3 Å². The third kappa shape index (κ3) is 6.09. The topological polar surface area (TPSA) is 85.1 Å². The SMILES string of the molecule is NS(=O)(=O)c1ccc(N[C@H](CSc2ccccc2)Cc2cccnc2)cc1. The molecule has 0 aliphatic carbocycles. The van der Waals surface area contributed by atoms with Crippen molar-refractivity contribution in [1.29, 1.82) is 0 Å². The van der Waals surface area contributed by atoms with E-state index in [0.29, 0.717) is 0 Å². The van der Waals surface area contributed by atoms with Crippen LogP contribution >= 0.6 is 11.8 Å². The summed E-state index contributed by atoms with van der Waals surface area (Å²) in [5.41, 5.74) is 2.00. The fourth-order valence-electron chi connectivity index (χ4n) is 2.65. The summed E-state index contributed by atoms with van der Waals surface area (Å²) in [6, 6.07) is 20.9. The van der Waals surface area contributed by atoms with E-state index >= 15 is 0 Å². The monoisotopic (exact) mass is 399 g/mol. The maximum atomic E-state index is 11.4. The molecule has 3 rings (SSSR count). The van der Waals surface area contributed by atoms with Crippen molar-refractivity contribution in [2.75, 3.05) is 11.1 Å². The minimum atomic E-state index is -3.68. The molecule has 27 heavy (non-hydrogen) atoms. The molecular weight excluding hydrogens is 378 g/mol. The summed E-state index contributed by atoms with van der Waals surface area (Å²) in [5.74, 6) is 0.857. The Balaban J connectivity index is 1.72. The first kappa shape index (κ1) is 19.4. The van der Waals surface area contributed by atoms with Gasteiger partial charge in [0.05, 0.1) is 4.90 Å². The zero-order valence-electron chi connectivity index (χ0n) is 14.7. The van der Waals surface area contributed by atoms with Gasteiger partial charge < -0.3 is 5.32 Å². The second-order valence-electron chi connectivity index (χ2n) is 6.10. The zero-order chi connectivity index (χ0) is 19.1. The number of nitrogens with one attached hydrogen (secondary N) is 1. The predicted molar refractivity (Wildman–Crippen MR) is 110 cm³/mol. The highest BCUT2D eigenvalue weighted by Crippen LogP contribution is 2.22. The van der Waals surface area contributed by atoms with Gasteiger partial charge in [0.2, 0.25) is 10.0 Å². The smallest absolute Gasteiger partial charge is 0.238 e. The van der Waals surface area contributed by atoms with Crippen molar-refractivity contribution >= 4 is 27.5 Å². The number of aromatic nitrogens is 1. The maximum Gasteiger partial charge on any atom is 0.238 e. The number of thioether (sulfide) groups is 1. The molecule has 0 amide bonds. The zero-order valence-corrected chi connectivity index (χ0v) is 16.3. The molecule has 0 spiro atoms. The van der Waals surface area contributed by atoms with E-state index < -0.39 is 10.0 Å². The molecule has 0 aliphatic rings. The number of primary sulfonamides is 1. The van der Waals surface area contributed by atoms with Gasteiger partial charge in [0.25, 0.3) is 0 Å². The van der Waals surface area contributed by atoms with Crippen molar-refractivity contribution in [1.82, 2.24) is 4.98 Å². The van der Waals surface area contributed by atoms with Crippen LogP contribution in [0.25, 0.3) is 0 Å². The number of rotatable bonds is 8. The van der Waals surface area contributed by atoms with Crippen LogP contribution in [-0.4, -0.2) is 25.2 Å². The van der Waals surface area contributed by atoms with Gasteiger partial charge in [-0.3, -0.25) is 4.98 Å². The molecule has 0 saturated heterocycles. The van der Waals surface area contributed by atoms with Crippen molar-refractivity contribution in [2.24, 2.45) is 5.14 Å². The molecule has 5 nitrogen and oxygen atoms in total. The largest absolute Gasteiger partial charge is 0.381 e. The Labute approximate surface area is 164 Å². The summed E-state index contributed by atoms with van der Waals surface area (Å²) in [4.78, 5) is 5.50. The van der Waals surface area contributed by atoms with Gasteiger partial charge in [-0.05, 0) is 54.4 Å². The van der Waals surface area contributed by atoms with Gasteiger partial charge in [0.15, 0.2) is 0 Å². The molecule has 3 aromatic rings. The molecule has 0 aliphatic heterocycles. The van der Waals surface area contributed by atoms with Crippen LogP contribution < -0.4 is 10.5 Å². The molecule has 1 aromatic heterocycles. The summed E-state index contributed by atoms with van der Waals surface area (Å²) in [6.45, 7) is 0. The highest BCUT2D eigenvalue weighted by Gasteiger charge is 2.12. The van der Waals surface area contributed by atoms with Gasteiger partial charge in [-0.15, -0.1) is 11.8 Å². The number of hydrogen-bond acceptors (Lipinski definition) is 5. The van der Waals surface area contributed by atoms with E-state index in [9.17, 15) is 8.42 Å². The third-order valence-electron chi connectivity index (χ3n) is 3.95. The molecule has 0 bridgehead atoms. The second-order valence-corrected chi connectivity index (χ2v) is 8.75. The normalized spacial score (nSPS) is 12.5. The van der Waals surface area contributed by atoms with Crippen LogP contribution in [0.4, 0.5) is 5.69 Å². The average Bonchev–Trinajstić information content (AvgIpc) is 2.67. The number of nitrogens with zero attached hydrogens (tertiary/aromatic N) is 1. The first-order chi connectivity index (χ1) is 13.0. The van der Waals surface area contributed by atoms with Crippen LogP contribution in [0.2, 0.25) is 0 Å². The standard InChI is InChI=1S/C20H21N3O2S2/c21-27(24,25)20-10-8-17(9-11-20)23-18(13-16-5-4-12-22-14-16)15-26-19-6-2-1-3-7-19/h1-12,14,18,23H,13,15H2,(H2,21,24,25)/t18-/m0/s1. The molecule has 0 saturated carbocycles. The number of pyridine rings is 1. The molecule has 1 atom stereocenters. The Bertz CT molecular complexity index is 948. The predicted octanol–water partition coefficient (Wildman–Crippen LogP) is 3.54. The molecule has 0 fully saturated rings. The van der Waals surface area contributed by atoms with E-state index in [1.54, 1.807) is 30.1 Å². The van der Waals surface area contributed by atoms with Gasteiger partial charge >= 0.3 is 0 Å². The lowest BCUT2D eigenvalue weighted by molar-refractivity contribution is 0.598. The first-order valence-electron chi connectivity index (χ1n) is 8.47. The number of nitrogens with two attached hydrogens (primary N) is 1. The fraction of sp³-hybridized carbons (Fsp3) is 0.150. The Morgan fingerprint density at radius 2 is 1.74 bits per heavy atom. The second kappa shape index (κ2) is 9.03. The fourth-order valence-corrected chi connectivity index (χ4v) is 4.10. The molecule has 1 heterocycles. The number of benzene rings is 2. The summed E-state index contributed by atoms with van der Waals surface area (Å²) < 4.78 is 22.8. The molecule has 2 aromatic carbocycles. The summed E-state index contributed by atoms with van der Waals surface area (Å²) in [6.07, 6.45) is 4.44. The molecule has 140 valence electrons. The van der Waals surface area contributed by atoms with Gasteiger partial charge in [-0.2, -0.15) is 0 Å². The van der Waals surface area contributed by atoms with Crippen molar-refractivity contribution in [3.05, 3.63) is 84.7 Å². The van der Waals surface area contributed by atoms with E-state index in [0.717, 1.165) is 23.4 Å². The number of sulfonamides is 1. The minimum absolute atomic E-state index is 0.107. The first-order valence-corrected chi connectivity index (χ1v) is 11.0. The van der Waals surface area contributed by atoms with E-state index in [1.165, 1.54) is 17.0 Å². The summed E-state index contributed by atoms with van der Waals surface area (Å²) in [5, 5.41) is 8.66. The highest BCUT2D eigenvalue weighted by molar-refractivity contribution is 7.99. The Morgan fingerprint density at radius 3 is 2.37 bits per heavy atom. The molecule has 0 radical (unpaired) electrons. The van der Waals surface area contributed by atoms with Crippen LogP contribution in [-0.2, 0) is 16.4 Å². The Morgan fingerprint density at radius 1 is 1.00 bits per heavy atom. The van der Waals surface area contributed by atoms with Crippen molar-refractivity contribution in [3.63, 3.8) is 0 Å². The van der Waals surface area contributed by atoms with Crippen LogP contribution in [0.3, 0.4) is 0 Å². The lowest BCUT2D eigenvalue weighted by Gasteiger charge is -2.20.